The summed E-state index contributed by atoms with van der Waals surface area (Å²) in [7, 11) is 1.89. The number of nitrogen functional groups attached to an aromatic ring is 1. The molecule has 20 heavy (non-hydrogen) atoms. The molecule has 3 rings (SSSR count). The highest BCUT2D eigenvalue weighted by molar-refractivity contribution is 5.62. The maximum atomic E-state index is 5.94. The van der Waals surface area contributed by atoms with E-state index in [0.717, 1.165) is 30.3 Å². The van der Waals surface area contributed by atoms with Gasteiger partial charge in [-0.2, -0.15) is 10.1 Å². The van der Waals surface area contributed by atoms with E-state index >= 15 is 0 Å². The van der Waals surface area contributed by atoms with Crippen LogP contribution in [-0.2, 0) is 7.05 Å². The number of anilines is 2. The Hall–Kier alpha value is -2.11. The van der Waals surface area contributed by atoms with Crippen molar-refractivity contribution in [3.8, 4) is 11.3 Å². The van der Waals surface area contributed by atoms with Crippen LogP contribution >= 0.6 is 0 Å². The van der Waals surface area contributed by atoms with E-state index < -0.39 is 0 Å². The van der Waals surface area contributed by atoms with Gasteiger partial charge in [0.2, 0.25) is 5.95 Å². The molecule has 2 N–H and O–H groups in total. The van der Waals surface area contributed by atoms with E-state index in [-0.39, 0.29) is 0 Å². The number of nitrogens with zero attached hydrogens (tertiary/aromatic N) is 5. The molecule has 0 bridgehead atoms. The molecule has 2 aromatic heterocycles. The molecule has 0 spiro atoms. The summed E-state index contributed by atoms with van der Waals surface area (Å²) >= 11 is 0. The molecule has 2 aromatic rings. The van der Waals surface area contributed by atoms with Crippen LogP contribution in [0.2, 0.25) is 0 Å². The van der Waals surface area contributed by atoms with Crippen LogP contribution in [-0.4, -0.2) is 32.8 Å². The van der Waals surface area contributed by atoms with Crippen LogP contribution < -0.4 is 10.6 Å². The van der Waals surface area contributed by atoms with Crippen LogP contribution in [0.1, 0.15) is 25.7 Å². The zero-order chi connectivity index (χ0) is 13.9. The van der Waals surface area contributed by atoms with E-state index in [4.69, 9.17) is 5.73 Å². The average Bonchev–Trinajstić information content (AvgIpc) is 2.71. The Labute approximate surface area is 118 Å². The summed E-state index contributed by atoms with van der Waals surface area (Å²) in [4.78, 5) is 11.3. The Bertz CT molecular complexity index is 583. The standard InChI is InChI=1S/C14H20N6/c1-19-10-11(9-16-19)12-8-13(15)18-14(17-12)20-6-4-2-3-5-7-20/h8-10H,2-7H2,1H3,(H2,15,17,18). The van der Waals surface area contributed by atoms with Crippen molar-refractivity contribution in [2.45, 2.75) is 25.7 Å². The number of rotatable bonds is 2. The lowest BCUT2D eigenvalue weighted by Crippen LogP contribution is -2.26. The Morgan fingerprint density at radius 1 is 1.10 bits per heavy atom. The maximum absolute atomic E-state index is 5.94. The lowest BCUT2D eigenvalue weighted by molar-refractivity contribution is 0.726. The van der Waals surface area contributed by atoms with Gasteiger partial charge in [-0.05, 0) is 12.8 Å². The zero-order valence-corrected chi connectivity index (χ0v) is 11.8. The number of nitrogens with two attached hydrogens (primary N) is 1. The third-order valence-electron chi connectivity index (χ3n) is 3.62. The first-order valence-electron chi connectivity index (χ1n) is 7.11. The SMILES string of the molecule is Cn1cc(-c2cc(N)nc(N3CCCCCC3)n2)cn1. The fourth-order valence-electron chi connectivity index (χ4n) is 2.57. The summed E-state index contributed by atoms with van der Waals surface area (Å²) in [5.74, 6) is 1.25. The molecule has 1 aliphatic rings. The predicted molar refractivity (Wildman–Crippen MR) is 79.3 cm³/mol. The van der Waals surface area contributed by atoms with Crippen LogP contribution in [0, 0.1) is 0 Å². The van der Waals surface area contributed by atoms with Gasteiger partial charge in [0.25, 0.3) is 0 Å². The van der Waals surface area contributed by atoms with Crippen LogP contribution in [0.3, 0.4) is 0 Å². The molecule has 1 saturated heterocycles. The first kappa shape index (κ1) is 12.9. The summed E-state index contributed by atoms with van der Waals surface area (Å²) in [5.41, 5.74) is 7.75. The van der Waals surface area contributed by atoms with Gasteiger partial charge in [-0.1, -0.05) is 12.8 Å². The van der Waals surface area contributed by atoms with Crippen molar-refractivity contribution in [1.29, 1.82) is 0 Å². The topological polar surface area (TPSA) is 72.9 Å². The number of hydrogen-bond acceptors (Lipinski definition) is 5. The second-order valence-corrected chi connectivity index (χ2v) is 5.28. The van der Waals surface area contributed by atoms with Crippen LogP contribution in [0.5, 0.6) is 0 Å². The Balaban J connectivity index is 1.93. The predicted octanol–water partition coefficient (Wildman–Crippen LogP) is 1.84. The second-order valence-electron chi connectivity index (χ2n) is 5.28. The molecule has 0 aliphatic carbocycles. The molecule has 0 amide bonds. The van der Waals surface area contributed by atoms with Gasteiger partial charge in [0.15, 0.2) is 0 Å². The summed E-state index contributed by atoms with van der Waals surface area (Å²) in [6.07, 6.45) is 8.70. The van der Waals surface area contributed by atoms with Gasteiger partial charge in [-0.15, -0.1) is 0 Å². The minimum Gasteiger partial charge on any atom is -0.384 e. The molecule has 1 aliphatic heterocycles. The zero-order valence-electron chi connectivity index (χ0n) is 11.8. The van der Waals surface area contributed by atoms with Crippen LogP contribution in [0.4, 0.5) is 11.8 Å². The molecular formula is C14H20N6. The van der Waals surface area contributed by atoms with E-state index in [2.05, 4.69) is 20.0 Å². The minimum absolute atomic E-state index is 0.512. The Morgan fingerprint density at radius 2 is 1.85 bits per heavy atom. The van der Waals surface area contributed by atoms with E-state index in [1.54, 1.807) is 16.9 Å². The third kappa shape index (κ3) is 2.74. The maximum Gasteiger partial charge on any atom is 0.227 e. The molecule has 0 unspecified atom stereocenters. The molecular weight excluding hydrogens is 252 g/mol. The highest BCUT2D eigenvalue weighted by Gasteiger charge is 2.15. The van der Waals surface area contributed by atoms with E-state index in [9.17, 15) is 0 Å². The molecule has 3 heterocycles. The first-order chi connectivity index (χ1) is 9.72. The molecule has 106 valence electrons. The normalized spacial score (nSPS) is 16.1. The van der Waals surface area contributed by atoms with Crippen molar-refractivity contribution < 1.29 is 0 Å². The van der Waals surface area contributed by atoms with E-state index in [0.29, 0.717) is 5.82 Å². The van der Waals surface area contributed by atoms with E-state index in [1.165, 1.54) is 25.7 Å². The molecule has 6 heteroatoms. The fraction of sp³-hybridized carbons (Fsp3) is 0.500. The number of hydrogen-bond donors (Lipinski definition) is 1. The third-order valence-corrected chi connectivity index (χ3v) is 3.62. The molecule has 0 aromatic carbocycles. The highest BCUT2D eigenvalue weighted by Crippen LogP contribution is 2.22. The van der Waals surface area contributed by atoms with Gasteiger partial charge in [0.05, 0.1) is 11.9 Å². The summed E-state index contributed by atoms with van der Waals surface area (Å²) in [6, 6.07) is 1.80. The number of aryl methyl sites for hydroxylation is 1. The van der Waals surface area contributed by atoms with Crippen LogP contribution in [0.25, 0.3) is 11.3 Å². The van der Waals surface area contributed by atoms with Gasteiger partial charge in [0.1, 0.15) is 5.82 Å². The van der Waals surface area contributed by atoms with Crippen molar-refractivity contribution in [3.63, 3.8) is 0 Å². The van der Waals surface area contributed by atoms with Gasteiger partial charge in [-0.25, -0.2) is 4.98 Å². The van der Waals surface area contributed by atoms with Crippen molar-refractivity contribution in [1.82, 2.24) is 19.7 Å². The molecule has 6 nitrogen and oxygen atoms in total. The first-order valence-corrected chi connectivity index (χ1v) is 7.11. The van der Waals surface area contributed by atoms with Crippen LogP contribution in [0.15, 0.2) is 18.5 Å². The lowest BCUT2D eigenvalue weighted by atomic mass is 10.2. The second kappa shape index (κ2) is 5.48. The van der Waals surface area contributed by atoms with Crippen molar-refractivity contribution in [2.24, 2.45) is 7.05 Å². The van der Waals surface area contributed by atoms with Crippen molar-refractivity contribution >= 4 is 11.8 Å². The molecule has 0 radical (unpaired) electrons. The largest absolute Gasteiger partial charge is 0.384 e. The van der Waals surface area contributed by atoms with Gasteiger partial charge < -0.3 is 10.6 Å². The Kier molecular flexibility index (Phi) is 3.54. The summed E-state index contributed by atoms with van der Waals surface area (Å²) < 4.78 is 1.76. The van der Waals surface area contributed by atoms with Crippen molar-refractivity contribution in [2.75, 3.05) is 23.7 Å². The summed E-state index contributed by atoms with van der Waals surface area (Å²) in [6.45, 7) is 2.02. The lowest BCUT2D eigenvalue weighted by Gasteiger charge is -2.20. The smallest absolute Gasteiger partial charge is 0.227 e. The molecule has 1 fully saturated rings. The molecule has 0 saturated carbocycles. The van der Waals surface area contributed by atoms with Gasteiger partial charge >= 0.3 is 0 Å². The van der Waals surface area contributed by atoms with E-state index in [1.807, 2.05) is 13.2 Å². The fourth-order valence-corrected chi connectivity index (χ4v) is 2.57. The Morgan fingerprint density at radius 3 is 2.50 bits per heavy atom. The highest BCUT2D eigenvalue weighted by atomic mass is 15.3. The monoisotopic (exact) mass is 272 g/mol. The van der Waals surface area contributed by atoms with Gasteiger partial charge in [0, 0.05) is 38.0 Å². The minimum atomic E-state index is 0.512. The number of aromatic nitrogens is 4. The van der Waals surface area contributed by atoms with Gasteiger partial charge in [-0.3, -0.25) is 4.68 Å². The average molecular weight is 272 g/mol. The van der Waals surface area contributed by atoms with Crippen molar-refractivity contribution in [3.05, 3.63) is 18.5 Å². The molecule has 0 atom stereocenters. The quantitative estimate of drug-likeness (QED) is 0.903. The summed E-state index contributed by atoms with van der Waals surface area (Å²) in [5, 5.41) is 4.18.